The first-order valence-corrected chi connectivity index (χ1v) is 11.6. The van der Waals surface area contributed by atoms with E-state index >= 15 is 0 Å². The first-order valence-electron chi connectivity index (χ1n) is 9.76. The van der Waals surface area contributed by atoms with E-state index in [4.69, 9.17) is 11.6 Å². The van der Waals surface area contributed by atoms with Crippen molar-refractivity contribution in [2.24, 2.45) is 20.5 Å². The largest absolute Gasteiger partial charge is 1.00 e. The molecule has 35 heavy (non-hydrogen) atoms. The quantitative estimate of drug-likeness (QED) is 0.235. The maximum absolute atomic E-state index is 12.3. The number of hydrogen-bond donors (Lipinski definition) is 2. The van der Waals surface area contributed by atoms with E-state index in [0.717, 1.165) is 11.5 Å². The van der Waals surface area contributed by atoms with Crippen LogP contribution >= 0.6 is 11.6 Å². The monoisotopic (exact) mass is 518 g/mol. The zero-order valence-electron chi connectivity index (χ0n) is 18.5. The second-order valence-electron chi connectivity index (χ2n) is 7.25. The Hall–Kier alpha value is -2.86. The number of aryl methyl sites for hydroxylation is 1. The molecule has 172 valence electrons. The van der Waals surface area contributed by atoms with E-state index in [1.54, 1.807) is 25.1 Å². The molecular formula is C23H16ClN4NaO5S. The standard InChI is InChI=1S/C23H17ClN4O5S.Na/c1-13-10-21(30)19(27-28-23-16-5-3-2-4-14(16)6-9-20(23)29)12-18(13)26-25-15-7-8-17(24)22(11-15)34(31,32)33;/h2-12,29-30H,1H3,(H,31,32,33);/q;+1/p-1. The van der Waals surface area contributed by atoms with Crippen LogP contribution in [-0.4, -0.2) is 18.1 Å². The molecule has 0 radical (unpaired) electrons. The molecule has 0 bridgehead atoms. The first-order chi connectivity index (χ1) is 16.1. The minimum absolute atomic E-state index is 0. The van der Waals surface area contributed by atoms with Gasteiger partial charge >= 0.3 is 29.6 Å². The number of nitrogens with zero attached hydrogens (tertiary/aromatic N) is 4. The Labute approximate surface area is 227 Å². The molecule has 0 aromatic heterocycles. The molecular weight excluding hydrogens is 503 g/mol. The van der Waals surface area contributed by atoms with Crippen LogP contribution in [0.3, 0.4) is 0 Å². The fraction of sp³-hybridized carbons (Fsp3) is 0.0435. The Morgan fingerprint density at radius 1 is 0.886 bits per heavy atom. The van der Waals surface area contributed by atoms with Gasteiger partial charge in [0.05, 0.1) is 22.1 Å². The third kappa shape index (κ3) is 6.04. The summed E-state index contributed by atoms with van der Waals surface area (Å²) < 4.78 is 32.1. The van der Waals surface area contributed by atoms with E-state index in [1.165, 1.54) is 30.3 Å². The van der Waals surface area contributed by atoms with Gasteiger partial charge in [-0.15, -0.1) is 5.11 Å². The van der Waals surface area contributed by atoms with Crippen molar-refractivity contribution in [2.75, 3.05) is 0 Å². The summed E-state index contributed by atoms with van der Waals surface area (Å²) in [6.45, 7) is 1.68. The SMILES string of the molecule is Cc1cc(O)c(N=Nc2c([O-])ccc3ccccc23)cc1N=Nc1ccc(Cl)c(S(=O)(=O)O)c1.[Na+]. The minimum atomic E-state index is -4.53. The molecule has 4 rings (SSSR count). The zero-order chi connectivity index (χ0) is 24.5. The van der Waals surface area contributed by atoms with Crippen LogP contribution < -0.4 is 34.7 Å². The summed E-state index contributed by atoms with van der Waals surface area (Å²) >= 11 is 5.81. The topological polar surface area (TPSA) is 147 Å². The van der Waals surface area contributed by atoms with Crippen molar-refractivity contribution < 1.29 is 52.7 Å². The average Bonchev–Trinajstić information content (AvgIpc) is 2.79. The second kappa shape index (κ2) is 10.8. The van der Waals surface area contributed by atoms with Gasteiger partial charge in [0.15, 0.2) is 0 Å². The fourth-order valence-corrected chi connectivity index (χ4v) is 4.16. The van der Waals surface area contributed by atoms with E-state index in [0.29, 0.717) is 16.6 Å². The molecule has 9 nitrogen and oxygen atoms in total. The summed E-state index contributed by atoms with van der Waals surface area (Å²) in [4.78, 5) is -0.494. The molecule has 4 aromatic rings. The molecule has 0 heterocycles. The molecule has 0 aliphatic rings. The van der Waals surface area contributed by atoms with Gasteiger partial charge in [-0.3, -0.25) is 4.55 Å². The van der Waals surface area contributed by atoms with Crippen molar-refractivity contribution in [3.63, 3.8) is 0 Å². The summed E-state index contributed by atoms with van der Waals surface area (Å²) in [6.07, 6.45) is 0. The van der Waals surface area contributed by atoms with Crippen molar-refractivity contribution in [3.05, 3.63) is 77.3 Å². The van der Waals surface area contributed by atoms with Crippen LogP contribution in [0.5, 0.6) is 11.5 Å². The van der Waals surface area contributed by atoms with E-state index < -0.39 is 15.0 Å². The molecule has 0 unspecified atom stereocenters. The number of fused-ring (bicyclic) bond motifs is 1. The van der Waals surface area contributed by atoms with Gasteiger partial charge in [-0.1, -0.05) is 53.7 Å². The van der Waals surface area contributed by atoms with Gasteiger partial charge in [0.1, 0.15) is 16.3 Å². The van der Waals surface area contributed by atoms with E-state index in [1.807, 2.05) is 12.1 Å². The van der Waals surface area contributed by atoms with E-state index in [2.05, 4.69) is 20.5 Å². The Balaban J connectivity index is 0.00000342. The van der Waals surface area contributed by atoms with Crippen LogP contribution in [0, 0.1) is 6.92 Å². The third-order valence-corrected chi connectivity index (χ3v) is 6.22. The van der Waals surface area contributed by atoms with Gasteiger partial charge in [-0.2, -0.15) is 23.8 Å². The molecule has 0 spiro atoms. The molecule has 0 fully saturated rings. The Morgan fingerprint density at radius 3 is 2.34 bits per heavy atom. The predicted molar refractivity (Wildman–Crippen MR) is 126 cm³/mol. The van der Waals surface area contributed by atoms with Crippen LogP contribution in [0.1, 0.15) is 5.56 Å². The van der Waals surface area contributed by atoms with Gasteiger partial charge < -0.3 is 10.2 Å². The van der Waals surface area contributed by atoms with Crippen LogP contribution in [-0.2, 0) is 10.1 Å². The van der Waals surface area contributed by atoms with E-state index in [9.17, 15) is 23.2 Å². The normalized spacial score (nSPS) is 11.9. The smallest absolute Gasteiger partial charge is 0.871 e. The number of benzene rings is 4. The molecule has 0 aliphatic heterocycles. The number of phenolic OH excluding ortho intramolecular Hbond substituents is 1. The van der Waals surface area contributed by atoms with Gasteiger partial charge in [0.2, 0.25) is 0 Å². The predicted octanol–water partition coefficient (Wildman–Crippen LogP) is 3.66. The Kier molecular flexibility index (Phi) is 8.26. The molecule has 4 aromatic carbocycles. The third-order valence-electron chi connectivity index (χ3n) is 4.88. The summed E-state index contributed by atoms with van der Waals surface area (Å²) in [7, 11) is -4.53. The Morgan fingerprint density at radius 2 is 1.60 bits per heavy atom. The van der Waals surface area contributed by atoms with Crippen molar-refractivity contribution in [2.45, 2.75) is 11.8 Å². The molecule has 2 N–H and O–H groups in total. The molecule has 0 saturated carbocycles. The maximum atomic E-state index is 12.3. The minimum Gasteiger partial charge on any atom is -0.871 e. The summed E-state index contributed by atoms with van der Waals surface area (Å²) in [5.74, 6) is -0.487. The van der Waals surface area contributed by atoms with Crippen LogP contribution in [0.4, 0.5) is 22.7 Å². The first kappa shape index (κ1) is 26.7. The van der Waals surface area contributed by atoms with Gasteiger partial charge in [-0.25, -0.2) is 0 Å². The van der Waals surface area contributed by atoms with E-state index in [-0.39, 0.29) is 63.1 Å². The van der Waals surface area contributed by atoms with Crippen LogP contribution in [0.25, 0.3) is 10.8 Å². The zero-order valence-corrected chi connectivity index (χ0v) is 22.1. The van der Waals surface area contributed by atoms with Crippen molar-refractivity contribution in [1.82, 2.24) is 0 Å². The number of phenols is 1. The van der Waals surface area contributed by atoms with Gasteiger partial charge in [-0.05, 0) is 48.2 Å². The van der Waals surface area contributed by atoms with Gasteiger partial charge in [0, 0.05) is 5.39 Å². The number of hydrogen-bond acceptors (Lipinski definition) is 8. The number of azo groups is 2. The van der Waals surface area contributed by atoms with Crippen molar-refractivity contribution in [3.8, 4) is 11.5 Å². The average molecular weight is 519 g/mol. The number of aromatic hydroxyl groups is 1. The fourth-order valence-electron chi connectivity index (χ4n) is 3.16. The van der Waals surface area contributed by atoms with Crippen LogP contribution in [0.15, 0.2) is 92.1 Å². The number of rotatable bonds is 5. The molecule has 0 aliphatic carbocycles. The maximum Gasteiger partial charge on any atom is 1.00 e. The summed E-state index contributed by atoms with van der Waals surface area (Å²) in [6, 6.07) is 16.9. The molecule has 0 amide bonds. The molecule has 0 saturated heterocycles. The second-order valence-corrected chi connectivity index (χ2v) is 9.05. The molecule has 12 heteroatoms. The summed E-state index contributed by atoms with van der Waals surface area (Å²) in [5.41, 5.74) is 1.19. The summed E-state index contributed by atoms with van der Waals surface area (Å²) in [5, 5.41) is 40.1. The van der Waals surface area contributed by atoms with Crippen molar-refractivity contribution in [1.29, 1.82) is 0 Å². The van der Waals surface area contributed by atoms with Crippen LogP contribution in [0.2, 0.25) is 5.02 Å². The number of halogens is 1. The molecule has 0 atom stereocenters. The Bertz CT molecular complexity index is 1590. The van der Waals surface area contributed by atoms with Crippen molar-refractivity contribution >= 4 is 55.2 Å². The van der Waals surface area contributed by atoms with Gasteiger partial charge in [0.25, 0.3) is 10.1 Å².